The van der Waals surface area contributed by atoms with Gasteiger partial charge in [-0.3, -0.25) is 4.57 Å². The van der Waals surface area contributed by atoms with Crippen molar-refractivity contribution in [2.75, 3.05) is 0 Å². The third kappa shape index (κ3) is 7.87. The first-order valence-electron chi connectivity index (χ1n) is 24.9. The Hall–Kier alpha value is -6.03. The predicted molar refractivity (Wildman–Crippen MR) is 240 cm³/mol. The van der Waals surface area contributed by atoms with Crippen molar-refractivity contribution in [2.45, 2.75) is 59.8 Å². The van der Waals surface area contributed by atoms with Crippen LogP contribution in [0, 0.1) is 23.9 Å². The van der Waals surface area contributed by atoms with Crippen LogP contribution in [0.25, 0.3) is 61.3 Å². The summed E-state index contributed by atoms with van der Waals surface area (Å²) in [7, 11) is 0. The van der Waals surface area contributed by atoms with E-state index in [1.165, 1.54) is 10.1 Å². The first kappa shape index (κ1) is 29.2. The molecule has 5 nitrogen and oxygen atoms in total. The Kier molecular flexibility index (Phi) is 7.89. The van der Waals surface area contributed by atoms with Crippen LogP contribution in [0.2, 0.25) is 0 Å². The van der Waals surface area contributed by atoms with Gasteiger partial charge in [0.2, 0.25) is 0 Å². The van der Waals surface area contributed by atoms with Crippen molar-refractivity contribution in [3.8, 4) is 50.9 Å². The maximum absolute atomic E-state index is 9.37. The number of para-hydroxylation sites is 1. The number of fused-ring (bicyclic) bond motifs is 3. The van der Waals surface area contributed by atoms with Crippen molar-refractivity contribution in [1.29, 1.82) is 0 Å². The van der Waals surface area contributed by atoms with Gasteiger partial charge in [-0.2, -0.15) is 18.2 Å². The standard InChI is InChI=1S/C54H48N4O.Pt/c1-37(53(2,3)4)40-28-29-55-51(32-40)58-49-27-24-41(54(5,6)7)33-48(49)47-26-25-44(35-50(47)58)59-43-21-14-20-42(34-43)56-30-31-57(36-56)52-45(38-16-10-8-11-17-38)22-15-23-46(52)39-18-12-9-13-19-39;/h8-33,37H,1-7H3;/q-2;/i8D,9D,10D,11D,12D,13D,16D,17D,18D,19D,37D;. The van der Waals surface area contributed by atoms with Crippen molar-refractivity contribution in [1.82, 2.24) is 14.1 Å². The predicted octanol–water partition coefficient (Wildman–Crippen LogP) is 13.2. The fourth-order valence-corrected chi connectivity index (χ4v) is 7.20. The molecule has 0 radical (unpaired) electrons. The maximum atomic E-state index is 9.37. The first-order chi connectivity index (χ1) is 32.9. The average molecular weight is 975 g/mol. The van der Waals surface area contributed by atoms with Crippen LogP contribution in [0.5, 0.6) is 11.5 Å². The number of imidazole rings is 1. The topological polar surface area (TPSA) is 35.9 Å². The minimum Gasteiger partial charge on any atom is -0.510 e. The molecular formula is C54H48N4OPt-2. The van der Waals surface area contributed by atoms with Gasteiger partial charge in [-0.05, 0) is 79.4 Å². The van der Waals surface area contributed by atoms with Crippen LogP contribution in [0.3, 0.4) is 0 Å². The Morgan fingerprint density at radius 2 is 1.42 bits per heavy atom. The van der Waals surface area contributed by atoms with E-state index >= 15 is 0 Å². The van der Waals surface area contributed by atoms with E-state index in [0.717, 1.165) is 27.4 Å². The van der Waals surface area contributed by atoms with Crippen molar-refractivity contribution >= 4 is 21.8 Å². The molecule has 0 saturated carbocycles. The van der Waals surface area contributed by atoms with E-state index in [1.54, 1.807) is 59.6 Å². The minimum atomic E-state index is -0.918. The summed E-state index contributed by atoms with van der Waals surface area (Å²) in [6.45, 7) is 14.6. The Morgan fingerprint density at radius 1 is 0.750 bits per heavy atom. The zero-order valence-electron chi connectivity index (χ0n) is 45.3. The summed E-state index contributed by atoms with van der Waals surface area (Å²) in [4.78, 5) is 4.83. The number of benzene rings is 6. The van der Waals surface area contributed by atoms with Gasteiger partial charge < -0.3 is 13.9 Å². The van der Waals surface area contributed by atoms with Crippen LogP contribution in [0.4, 0.5) is 0 Å². The summed E-state index contributed by atoms with van der Waals surface area (Å²) in [6.07, 6.45) is 8.24. The molecule has 0 amide bonds. The molecule has 0 fully saturated rings. The third-order valence-corrected chi connectivity index (χ3v) is 10.7. The van der Waals surface area contributed by atoms with Crippen LogP contribution >= 0.6 is 0 Å². The van der Waals surface area contributed by atoms with E-state index in [2.05, 4.69) is 82.8 Å². The Labute approximate surface area is 383 Å². The number of aromatic nitrogens is 4. The van der Waals surface area contributed by atoms with Crippen molar-refractivity contribution in [3.63, 3.8) is 0 Å². The fourth-order valence-electron chi connectivity index (χ4n) is 7.20. The quantitative estimate of drug-likeness (QED) is 0.112. The van der Waals surface area contributed by atoms with E-state index in [0.29, 0.717) is 23.0 Å². The molecule has 0 aliphatic carbocycles. The first-order valence-corrected chi connectivity index (χ1v) is 19.4. The summed E-state index contributed by atoms with van der Waals surface area (Å²) < 4.78 is 107. The third-order valence-electron chi connectivity index (χ3n) is 10.7. The van der Waals surface area contributed by atoms with E-state index in [4.69, 9.17) is 23.4 Å². The maximum Gasteiger partial charge on any atom is 0.267 e. The normalized spacial score (nSPS) is 15.5. The molecule has 6 aromatic carbocycles. The molecule has 302 valence electrons. The molecule has 1 unspecified atom stereocenters. The molecular weight excluding hydrogens is 916 g/mol. The molecule has 1 atom stereocenters. The van der Waals surface area contributed by atoms with Gasteiger partial charge >= 0.3 is 0 Å². The van der Waals surface area contributed by atoms with Crippen molar-refractivity contribution < 1.29 is 45.4 Å². The molecule has 9 aromatic rings. The summed E-state index contributed by atoms with van der Waals surface area (Å²) in [5, 5.41) is 1.97. The largest absolute Gasteiger partial charge is 0.510 e. The summed E-state index contributed by atoms with van der Waals surface area (Å²) in [6, 6.07) is 25.7. The van der Waals surface area contributed by atoms with Crippen LogP contribution in [-0.2, 0) is 26.5 Å². The molecule has 0 bridgehead atoms. The van der Waals surface area contributed by atoms with Crippen LogP contribution in [0.1, 0.15) is 80.6 Å². The van der Waals surface area contributed by atoms with E-state index in [1.807, 2.05) is 31.2 Å². The van der Waals surface area contributed by atoms with Gasteiger partial charge in [0.05, 0.1) is 19.4 Å². The van der Waals surface area contributed by atoms with E-state index in [-0.39, 0.29) is 59.8 Å². The zero-order chi connectivity index (χ0) is 50.5. The van der Waals surface area contributed by atoms with Gasteiger partial charge in [0, 0.05) is 58.0 Å². The number of hydrogen-bond donors (Lipinski definition) is 0. The number of nitrogens with zero attached hydrogens (tertiary/aromatic N) is 4. The molecule has 3 aromatic heterocycles. The molecule has 9 rings (SSSR count). The average Bonchev–Trinajstić information content (AvgIpc) is 3.94. The smallest absolute Gasteiger partial charge is 0.267 e. The van der Waals surface area contributed by atoms with Crippen LogP contribution in [-0.4, -0.2) is 14.1 Å². The van der Waals surface area contributed by atoms with Gasteiger partial charge in [0.15, 0.2) is 0 Å². The number of hydrogen-bond acceptors (Lipinski definition) is 2. The molecule has 3 heterocycles. The molecule has 0 aliphatic heterocycles. The van der Waals surface area contributed by atoms with Gasteiger partial charge in [-0.15, -0.1) is 29.7 Å². The second-order valence-corrected chi connectivity index (χ2v) is 16.5. The SMILES string of the molecule is [2H]c1c([2H])c([2H])c(-c2cccc(-c3c([2H])c([2H])c([2H])c([2H])c3[2H])c2-[n+]2[c-]n(-c3[c-]c(Oc4[c-]c5c(cc4)c4cc(C(C)(C)C)ccc4n5-c4cc(C([2H])(C)C(C)(C)C)ccn4)ccc3)cc2)c([2H])c1[2H].[Pt]. The summed E-state index contributed by atoms with van der Waals surface area (Å²) in [5.41, 5.74) is 3.83. The minimum absolute atomic E-state index is 0. The second-order valence-electron chi connectivity index (χ2n) is 16.5. The number of rotatable bonds is 8. The van der Waals surface area contributed by atoms with Crippen molar-refractivity contribution in [2.24, 2.45) is 5.41 Å². The zero-order valence-corrected chi connectivity index (χ0v) is 36.5. The monoisotopic (exact) mass is 974 g/mol. The van der Waals surface area contributed by atoms with Gasteiger partial charge in [0.1, 0.15) is 5.82 Å². The fraction of sp³-hybridized carbons (Fsp3) is 0.185. The number of pyridine rings is 1. The Morgan fingerprint density at radius 3 is 2.08 bits per heavy atom. The molecule has 0 saturated heterocycles. The van der Waals surface area contributed by atoms with Gasteiger partial charge in [0.25, 0.3) is 6.33 Å². The second kappa shape index (κ2) is 16.2. The number of ether oxygens (including phenoxy) is 1. The van der Waals surface area contributed by atoms with Crippen LogP contribution < -0.4 is 9.30 Å². The molecule has 0 N–H and O–H groups in total. The Bertz CT molecular complexity index is 3460. The molecule has 0 spiro atoms. The Balaban J connectivity index is 0.00000676. The van der Waals surface area contributed by atoms with Crippen LogP contribution in [0.15, 0.2) is 158 Å². The molecule has 6 heteroatoms. The van der Waals surface area contributed by atoms with Crippen molar-refractivity contribution in [3.05, 3.63) is 187 Å². The van der Waals surface area contributed by atoms with Gasteiger partial charge in [-0.25, -0.2) is 4.98 Å². The molecule has 0 aliphatic rings. The summed E-state index contributed by atoms with van der Waals surface area (Å²) in [5.74, 6) is 0.469. The van der Waals surface area contributed by atoms with E-state index in [9.17, 15) is 1.37 Å². The van der Waals surface area contributed by atoms with E-state index < -0.39 is 66.3 Å². The molecule has 60 heavy (non-hydrogen) atoms. The van der Waals surface area contributed by atoms with Gasteiger partial charge in [-0.1, -0.05) is 145 Å². The summed E-state index contributed by atoms with van der Waals surface area (Å²) >= 11 is 0.